The van der Waals surface area contributed by atoms with Crippen molar-refractivity contribution < 1.29 is 19.4 Å². The van der Waals surface area contributed by atoms with Gasteiger partial charge in [0.25, 0.3) is 5.91 Å². The van der Waals surface area contributed by atoms with Gasteiger partial charge in [-0.05, 0) is 37.5 Å². The molecule has 20 heavy (non-hydrogen) atoms. The van der Waals surface area contributed by atoms with Crippen LogP contribution in [0.2, 0.25) is 0 Å². The number of hydrogen-bond acceptors (Lipinski definition) is 4. The van der Waals surface area contributed by atoms with E-state index in [1.807, 2.05) is 0 Å². The average Bonchev–Trinajstić information content (AvgIpc) is 2.44. The lowest BCUT2D eigenvalue weighted by molar-refractivity contribution is -0.140. The molecule has 0 saturated carbocycles. The van der Waals surface area contributed by atoms with E-state index in [4.69, 9.17) is 0 Å². The van der Waals surface area contributed by atoms with E-state index in [2.05, 4.69) is 10.1 Å². The van der Waals surface area contributed by atoms with Gasteiger partial charge in [0.05, 0.1) is 7.11 Å². The fourth-order valence-corrected chi connectivity index (χ4v) is 1.73. The molecule has 5 nitrogen and oxygen atoms in total. The highest BCUT2D eigenvalue weighted by Gasteiger charge is 2.07. The van der Waals surface area contributed by atoms with E-state index in [-0.39, 0.29) is 17.6 Å². The lowest BCUT2D eigenvalue weighted by atomic mass is 10.1. The molecule has 0 unspecified atom stereocenters. The first-order chi connectivity index (χ1) is 9.54. The van der Waals surface area contributed by atoms with Crippen molar-refractivity contribution in [1.29, 1.82) is 0 Å². The van der Waals surface area contributed by atoms with E-state index in [0.29, 0.717) is 18.5 Å². The second-order valence-electron chi connectivity index (χ2n) is 4.64. The molecule has 0 fully saturated rings. The number of esters is 1. The molecule has 1 rings (SSSR count). The summed E-state index contributed by atoms with van der Waals surface area (Å²) < 4.78 is 4.54. The Morgan fingerprint density at radius 2 is 2.00 bits per heavy atom. The van der Waals surface area contributed by atoms with E-state index in [1.54, 1.807) is 19.1 Å². The number of nitrogens with one attached hydrogen (secondary N) is 1. The normalized spacial score (nSPS) is 10.1. The summed E-state index contributed by atoms with van der Waals surface area (Å²) in [7, 11) is 1.37. The molecule has 1 aromatic carbocycles. The fourth-order valence-electron chi connectivity index (χ4n) is 1.73. The highest BCUT2D eigenvalue weighted by Crippen LogP contribution is 2.17. The molecule has 0 saturated heterocycles. The van der Waals surface area contributed by atoms with Crippen LogP contribution >= 0.6 is 0 Å². The minimum absolute atomic E-state index is 0.121. The van der Waals surface area contributed by atoms with E-state index in [1.165, 1.54) is 13.2 Å². The number of carbonyl (C=O) groups is 2. The van der Waals surface area contributed by atoms with Crippen molar-refractivity contribution in [2.24, 2.45) is 0 Å². The van der Waals surface area contributed by atoms with Crippen LogP contribution in [-0.2, 0) is 9.53 Å². The molecule has 0 atom stereocenters. The molecule has 0 radical (unpaired) electrons. The standard InChI is InChI=1S/C15H21NO4/c1-11-7-8-12(10-13(11)17)15(19)16-9-5-3-4-6-14(18)20-2/h7-8,10,17H,3-6,9H2,1-2H3,(H,16,19). The number of rotatable bonds is 7. The van der Waals surface area contributed by atoms with Crippen LogP contribution < -0.4 is 5.32 Å². The Bertz CT molecular complexity index is 471. The smallest absolute Gasteiger partial charge is 0.305 e. The molecule has 1 amide bonds. The number of carbonyl (C=O) groups excluding carboxylic acids is 2. The number of phenolic OH excluding ortho intramolecular Hbond substituents is 1. The zero-order chi connectivity index (χ0) is 15.0. The Labute approximate surface area is 118 Å². The van der Waals surface area contributed by atoms with Gasteiger partial charge in [-0.15, -0.1) is 0 Å². The average molecular weight is 279 g/mol. The van der Waals surface area contributed by atoms with Crippen LogP contribution in [0.15, 0.2) is 18.2 Å². The maximum absolute atomic E-state index is 11.8. The molecule has 0 aromatic heterocycles. The third-order valence-electron chi connectivity index (χ3n) is 3.04. The molecule has 0 aliphatic carbocycles. The van der Waals surface area contributed by atoms with E-state index in [0.717, 1.165) is 24.8 Å². The molecule has 5 heteroatoms. The highest BCUT2D eigenvalue weighted by molar-refractivity contribution is 5.94. The molecule has 0 aliphatic rings. The fraction of sp³-hybridized carbons (Fsp3) is 0.467. The van der Waals surface area contributed by atoms with Crippen LogP contribution in [0.1, 0.15) is 41.6 Å². The minimum Gasteiger partial charge on any atom is -0.508 e. The minimum atomic E-state index is -0.204. The molecule has 0 aliphatic heterocycles. The zero-order valence-corrected chi connectivity index (χ0v) is 11.9. The maximum Gasteiger partial charge on any atom is 0.305 e. The molecule has 0 spiro atoms. The van der Waals surface area contributed by atoms with Gasteiger partial charge in [0.2, 0.25) is 0 Å². The second-order valence-corrected chi connectivity index (χ2v) is 4.64. The van der Waals surface area contributed by atoms with Gasteiger partial charge in [0.15, 0.2) is 0 Å². The first-order valence-corrected chi connectivity index (χ1v) is 6.69. The second kappa shape index (κ2) is 8.19. The predicted octanol–water partition coefficient (Wildman–Crippen LogP) is 2.16. The summed E-state index contributed by atoms with van der Waals surface area (Å²) in [5.41, 5.74) is 1.19. The quantitative estimate of drug-likeness (QED) is 0.592. The van der Waals surface area contributed by atoms with Gasteiger partial charge < -0.3 is 15.2 Å². The Morgan fingerprint density at radius 1 is 1.25 bits per heavy atom. The molecular weight excluding hydrogens is 258 g/mol. The van der Waals surface area contributed by atoms with Crippen molar-refractivity contribution in [1.82, 2.24) is 5.32 Å². The summed E-state index contributed by atoms with van der Waals surface area (Å²) in [5, 5.41) is 12.3. The first-order valence-electron chi connectivity index (χ1n) is 6.69. The first kappa shape index (κ1) is 16.0. The number of unbranched alkanes of at least 4 members (excludes halogenated alkanes) is 2. The van der Waals surface area contributed by atoms with Crippen molar-refractivity contribution in [3.8, 4) is 5.75 Å². The highest BCUT2D eigenvalue weighted by atomic mass is 16.5. The van der Waals surface area contributed by atoms with Crippen molar-refractivity contribution in [3.05, 3.63) is 29.3 Å². The lowest BCUT2D eigenvalue weighted by Crippen LogP contribution is -2.24. The third-order valence-corrected chi connectivity index (χ3v) is 3.04. The molecular formula is C15H21NO4. The van der Waals surface area contributed by atoms with Gasteiger partial charge in [-0.3, -0.25) is 9.59 Å². The van der Waals surface area contributed by atoms with Crippen LogP contribution in [0.4, 0.5) is 0 Å². The molecule has 2 N–H and O–H groups in total. The summed E-state index contributed by atoms with van der Waals surface area (Å²) >= 11 is 0. The van der Waals surface area contributed by atoms with Crippen molar-refractivity contribution in [2.45, 2.75) is 32.6 Å². The molecule has 0 heterocycles. The Morgan fingerprint density at radius 3 is 2.65 bits per heavy atom. The number of aromatic hydroxyl groups is 1. The Kier molecular flexibility index (Phi) is 6.56. The molecule has 110 valence electrons. The van der Waals surface area contributed by atoms with E-state index >= 15 is 0 Å². The topological polar surface area (TPSA) is 75.6 Å². The van der Waals surface area contributed by atoms with E-state index in [9.17, 15) is 14.7 Å². The number of methoxy groups -OCH3 is 1. The van der Waals surface area contributed by atoms with E-state index < -0.39 is 0 Å². The number of aryl methyl sites for hydroxylation is 1. The summed E-state index contributed by atoms with van der Waals surface area (Å²) in [5.74, 6) is -0.284. The summed E-state index contributed by atoms with van der Waals surface area (Å²) in [6.07, 6.45) is 2.83. The largest absolute Gasteiger partial charge is 0.508 e. The van der Waals surface area contributed by atoms with Crippen LogP contribution in [-0.4, -0.2) is 30.6 Å². The van der Waals surface area contributed by atoms with Gasteiger partial charge in [-0.25, -0.2) is 0 Å². The number of hydrogen-bond donors (Lipinski definition) is 2. The van der Waals surface area contributed by atoms with Crippen LogP contribution in [0, 0.1) is 6.92 Å². The Hall–Kier alpha value is -2.04. The summed E-state index contributed by atoms with van der Waals surface area (Å²) in [6.45, 7) is 2.33. The number of ether oxygens (including phenoxy) is 1. The maximum atomic E-state index is 11.8. The van der Waals surface area contributed by atoms with Crippen LogP contribution in [0.5, 0.6) is 5.75 Å². The van der Waals surface area contributed by atoms with Crippen molar-refractivity contribution in [2.75, 3.05) is 13.7 Å². The molecule has 1 aromatic rings. The summed E-state index contributed by atoms with van der Waals surface area (Å²) in [6, 6.07) is 4.85. The van der Waals surface area contributed by atoms with Gasteiger partial charge in [0.1, 0.15) is 5.75 Å². The van der Waals surface area contributed by atoms with Gasteiger partial charge in [-0.1, -0.05) is 12.5 Å². The van der Waals surface area contributed by atoms with Gasteiger partial charge >= 0.3 is 5.97 Å². The molecule has 0 bridgehead atoms. The predicted molar refractivity (Wildman–Crippen MR) is 75.7 cm³/mol. The van der Waals surface area contributed by atoms with Crippen LogP contribution in [0.25, 0.3) is 0 Å². The van der Waals surface area contributed by atoms with Gasteiger partial charge in [0, 0.05) is 18.5 Å². The van der Waals surface area contributed by atoms with Crippen LogP contribution in [0.3, 0.4) is 0 Å². The number of phenols is 1. The third kappa shape index (κ3) is 5.30. The summed E-state index contributed by atoms with van der Waals surface area (Å²) in [4.78, 5) is 22.7. The van der Waals surface area contributed by atoms with Gasteiger partial charge in [-0.2, -0.15) is 0 Å². The zero-order valence-electron chi connectivity index (χ0n) is 11.9. The van der Waals surface area contributed by atoms with Crippen molar-refractivity contribution >= 4 is 11.9 Å². The van der Waals surface area contributed by atoms with Crippen molar-refractivity contribution in [3.63, 3.8) is 0 Å². The number of benzene rings is 1. The number of amides is 1. The Balaban J connectivity index is 2.23. The lowest BCUT2D eigenvalue weighted by Gasteiger charge is -2.06. The SMILES string of the molecule is COC(=O)CCCCCNC(=O)c1ccc(C)c(O)c1. The monoisotopic (exact) mass is 279 g/mol.